The lowest BCUT2D eigenvalue weighted by Gasteiger charge is -2.18. The van der Waals surface area contributed by atoms with E-state index in [1.807, 2.05) is 0 Å². The van der Waals surface area contributed by atoms with E-state index in [1.165, 1.54) is 27.1 Å². The van der Waals surface area contributed by atoms with Gasteiger partial charge >= 0.3 is 0 Å². The van der Waals surface area contributed by atoms with Crippen LogP contribution in [0.3, 0.4) is 0 Å². The fourth-order valence-electron chi connectivity index (χ4n) is 2.45. The summed E-state index contributed by atoms with van der Waals surface area (Å²) >= 11 is 2.45. The molecule has 0 bridgehead atoms. The number of anilines is 1. The highest BCUT2D eigenvalue weighted by Gasteiger charge is 2.27. The molecule has 1 amide bonds. The molecule has 6 nitrogen and oxygen atoms in total. The Morgan fingerprint density at radius 1 is 1.17 bits per heavy atom. The molecule has 9 heteroatoms. The highest BCUT2D eigenvalue weighted by atomic mass is 32.2. The summed E-state index contributed by atoms with van der Waals surface area (Å²) in [4.78, 5) is 16.7. The van der Waals surface area contributed by atoms with Crippen molar-refractivity contribution in [3.8, 4) is 0 Å². The summed E-state index contributed by atoms with van der Waals surface area (Å²) in [5.41, 5.74) is 0. The van der Waals surface area contributed by atoms with Crippen LogP contribution in [0.25, 0.3) is 0 Å². The first-order valence-electron chi connectivity index (χ1n) is 7.37. The number of aromatic nitrogens is 1. The molecular weight excluding hydrogens is 354 g/mol. The van der Waals surface area contributed by atoms with Crippen molar-refractivity contribution < 1.29 is 13.2 Å². The molecule has 0 atom stereocenters. The van der Waals surface area contributed by atoms with Gasteiger partial charge in [-0.25, -0.2) is 13.4 Å². The summed E-state index contributed by atoms with van der Waals surface area (Å²) in [6.45, 7) is 1.11. The van der Waals surface area contributed by atoms with Gasteiger partial charge in [0, 0.05) is 30.0 Å². The van der Waals surface area contributed by atoms with Gasteiger partial charge in [0.15, 0.2) is 5.13 Å². The van der Waals surface area contributed by atoms with Gasteiger partial charge in [0.25, 0.3) is 5.91 Å². The molecule has 0 unspecified atom stereocenters. The Kier molecular flexibility index (Phi) is 5.10. The molecule has 0 aromatic carbocycles. The maximum absolute atomic E-state index is 12.7. The fourth-order valence-corrected chi connectivity index (χ4v) is 5.65. The molecule has 2 aromatic heterocycles. The van der Waals surface area contributed by atoms with Gasteiger partial charge in [0.2, 0.25) is 10.0 Å². The van der Waals surface area contributed by atoms with Gasteiger partial charge in [-0.2, -0.15) is 4.31 Å². The fraction of sp³-hybridized carbons (Fsp3) is 0.429. The van der Waals surface area contributed by atoms with Gasteiger partial charge < -0.3 is 0 Å². The third kappa shape index (κ3) is 3.79. The molecule has 0 radical (unpaired) electrons. The van der Waals surface area contributed by atoms with E-state index < -0.39 is 10.0 Å². The summed E-state index contributed by atoms with van der Waals surface area (Å²) < 4.78 is 26.9. The summed E-state index contributed by atoms with van der Waals surface area (Å²) in [7, 11) is -3.51. The molecule has 1 aliphatic rings. The van der Waals surface area contributed by atoms with Crippen molar-refractivity contribution in [3.63, 3.8) is 0 Å². The summed E-state index contributed by atoms with van der Waals surface area (Å²) in [6.07, 6.45) is 5.51. The molecule has 1 fully saturated rings. The van der Waals surface area contributed by atoms with Crippen LogP contribution in [0.15, 0.2) is 27.9 Å². The predicted octanol–water partition coefficient (Wildman–Crippen LogP) is 3.02. The van der Waals surface area contributed by atoms with Crippen LogP contribution in [-0.2, 0) is 10.0 Å². The van der Waals surface area contributed by atoms with Crippen LogP contribution in [0.1, 0.15) is 35.4 Å². The molecule has 1 saturated heterocycles. The SMILES string of the molecule is O=C(Nc1nccs1)c1cc(S(=O)(=O)N2CCCCCC2)cs1. The van der Waals surface area contributed by atoms with Crippen LogP contribution >= 0.6 is 22.7 Å². The molecular formula is C14H17N3O3S3. The van der Waals surface area contributed by atoms with Crippen molar-refractivity contribution in [1.29, 1.82) is 0 Å². The number of thiophene rings is 1. The quantitative estimate of drug-likeness (QED) is 0.896. The van der Waals surface area contributed by atoms with Gasteiger partial charge in [-0.3, -0.25) is 10.1 Å². The van der Waals surface area contributed by atoms with Crippen molar-refractivity contribution >= 4 is 43.7 Å². The van der Waals surface area contributed by atoms with Gasteiger partial charge in [0.05, 0.1) is 9.77 Å². The lowest BCUT2D eigenvalue weighted by molar-refractivity contribution is 0.103. The van der Waals surface area contributed by atoms with E-state index in [0.29, 0.717) is 23.1 Å². The summed E-state index contributed by atoms with van der Waals surface area (Å²) in [5, 5.41) is 6.47. The third-order valence-electron chi connectivity index (χ3n) is 3.65. The van der Waals surface area contributed by atoms with Crippen molar-refractivity contribution in [2.75, 3.05) is 18.4 Å². The average Bonchev–Trinajstić information content (AvgIpc) is 3.14. The molecule has 2 aromatic rings. The number of sulfonamides is 1. The second-order valence-electron chi connectivity index (χ2n) is 5.26. The number of hydrogen-bond acceptors (Lipinski definition) is 6. The molecule has 1 aliphatic heterocycles. The number of carbonyl (C=O) groups excluding carboxylic acids is 1. The predicted molar refractivity (Wildman–Crippen MR) is 91.6 cm³/mol. The van der Waals surface area contributed by atoms with Crippen molar-refractivity contribution in [2.45, 2.75) is 30.6 Å². The van der Waals surface area contributed by atoms with E-state index in [0.717, 1.165) is 37.0 Å². The standard InChI is InChI=1S/C14H17N3O3S3/c18-13(16-14-15-5-8-21-14)12-9-11(10-22-12)23(19,20)17-6-3-1-2-4-7-17/h5,8-10H,1-4,6-7H2,(H,15,16,18). The number of nitrogens with zero attached hydrogens (tertiary/aromatic N) is 2. The largest absolute Gasteiger partial charge is 0.297 e. The Balaban J connectivity index is 1.76. The zero-order valence-corrected chi connectivity index (χ0v) is 14.8. The Morgan fingerprint density at radius 3 is 2.57 bits per heavy atom. The molecule has 124 valence electrons. The molecule has 3 rings (SSSR count). The summed E-state index contributed by atoms with van der Waals surface area (Å²) in [6, 6.07) is 1.45. The smallest absolute Gasteiger partial charge is 0.267 e. The third-order valence-corrected chi connectivity index (χ3v) is 7.30. The van der Waals surface area contributed by atoms with Crippen LogP contribution < -0.4 is 5.32 Å². The van der Waals surface area contributed by atoms with E-state index in [1.54, 1.807) is 11.6 Å². The van der Waals surface area contributed by atoms with Crippen molar-refractivity contribution in [1.82, 2.24) is 9.29 Å². The molecule has 0 saturated carbocycles. The van der Waals surface area contributed by atoms with Gasteiger partial charge in [-0.1, -0.05) is 12.8 Å². The Labute approximate surface area is 143 Å². The molecule has 1 N–H and O–H groups in total. The first-order valence-corrected chi connectivity index (χ1v) is 10.6. The van der Waals surface area contributed by atoms with E-state index in [-0.39, 0.29) is 10.8 Å². The van der Waals surface area contributed by atoms with Gasteiger partial charge in [-0.15, -0.1) is 22.7 Å². The zero-order chi connectivity index (χ0) is 16.3. The van der Waals surface area contributed by atoms with E-state index >= 15 is 0 Å². The molecule has 3 heterocycles. The van der Waals surface area contributed by atoms with Crippen LogP contribution in [0.5, 0.6) is 0 Å². The second-order valence-corrected chi connectivity index (χ2v) is 9.00. The average molecular weight is 372 g/mol. The monoisotopic (exact) mass is 371 g/mol. The number of amides is 1. The van der Waals surface area contributed by atoms with E-state index in [2.05, 4.69) is 10.3 Å². The minimum absolute atomic E-state index is 0.202. The lowest BCUT2D eigenvalue weighted by Crippen LogP contribution is -2.31. The second kappa shape index (κ2) is 7.08. The Bertz CT molecular complexity index is 760. The Morgan fingerprint density at radius 2 is 1.91 bits per heavy atom. The van der Waals surface area contributed by atoms with Crippen molar-refractivity contribution in [3.05, 3.63) is 27.9 Å². The lowest BCUT2D eigenvalue weighted by atomic mass is 10.2. The number of hydrogen-bond donors (Lipinski definition) is 1. The maximum atomic E-state index is 12.7. The molecule has 0 aliphatic carbocycles. The topological polar surface area (TPSA) is 79.4 Å². The van der Waals surface area contributed by atoms with Crippen LogP contribution in [0, 0.1) is 0 Å². The summed E-state index contributed by atoms with van der Waals surface area (Å²) in [5.74, 6) is -0.331. The number of thiazole rings is 1. The Hall–Kier alpha value is -1.29. The van der Waals surface area contributed by atoms with E-state index in [4.69, 9.17) is 0 Å². The van der Waals surface area contributed by atoms with Crippen LogP contribution in [0.2, 0.25) is 0 Å². The first kappa shape index (κ1) is 16.6. The van der Waals surface area contributed by atoms with Crippen LogP contribution in [-0.4, -0.2) is 36.7 Å². The molecule has 0 spiro atoms. The number of nitrogens with one attached hydrogen (secondary N) is 1. The van der Waals surface area contributed by atoms with Gasteiger partial charge in [-0.05, 0) is 18.9 Å². The number of rotatable bonds is 4. The van der Waals surface area contributed by atoms with Crippen LogP contribution in [0.4, 0.5) is 5.13 Å². The minimum Gasteiger partial charge on any atom is -0.297 e. The molecule has 23 heavy (non-hydrogen) atoms. The highest BCUT2D eigenvalue weighted by molar-refractivity contribution is 7.89. The van der Waals surface area contributed by atoms with Gasteiger partial charge in [0.1, 0.15) is 0 Å². The van der Waals surface area contributed by atoms with Crippen molar-refractivity contribution in [2.24, 2.45) is 0 Å². The zero-order valence-electron chi connectivity index (χ0n) is 12.4. The first-order chi connectivity index (χ1) is 11.1. The highest BCUT2D eigenvalue weighted by Crippen LogP contribution is 2.25. The van der Waals surface area contributed by atoms with E-state index in [9.17, 15) is 13.2 Å². The normalized spacial score (nSPS) is 16.9. The maximum Gasteiger partial charge on any atom is 0.267 e. The minimum atomic E-state index is -3.51. The number of carbonyl (C=O) groups is 1.